The van der Waals surface area contributed by atoms with Crippen LogP contribution in [0.4, 0.5) is 0 Å². The SMILES string of the molecule is CCCCCSCCCNCC(C)C. The third kappa shape index (κ3) is 12.3. The maximum atomic E-state index is 3.47. The Labute approximate surface area is 94.4 Å². The Morgan fingerprint density at radius 3 is 2.43 bits per heavy atom. The molecule has 14 heavy (non-hydrogen) atoms. The first-order valence-corrected chi connectivity index (χ1v) is 7.21. The normalized spacial score (nSPS) is 11.1. The molecule has 0 saturated heterocycles. The predicted molar refractivity (Wildman–Crippen MR) is 69.2 cm³/mol. The van der Waals surface area contributed by atoms with Gasteiger partial charge in [-0.3, -0.25) is 0 Å². The van der Waals surface area contributed by atoms with E-state index in [9.17, 15) is 0 Å². The third-order valence-electron chi connectivity index (χ3n) is 2.09. The number of hydrogen-bond donors (Lipinski definition) is 1. The second-order valence-electron chi connectivity index (χ2n) is 4.27. The zero-order valence-electron chi connectivity index (χ0n) is 10.1. The van der Waals surface area contributed by atoms with Crippen molar-refractivity contribution in [3.63, 3.8) is 0 Å². The molecule has 0 aromatic heterocycles. The van der Waals surface area contributed by atoms with Crippen molar-refractivity contribution in [2.75, 3.05) is 24.6 Å². The largest absolute Gasteiger partial charge is 0.316 e. The summed E-state index contributed by atoms with van der Waals surface area (Å²) >= 11 is 2.11. The standard InChI is InChI=1S/C12H27NS/c1-4-5-6-9-14-10-7-8-13-11-12(2)3/h12-13H,4-11H2,1-3H3. The summed E-state index contributed by atoms with van der Waals surface area (Å²) < 4.78 is 0. The van der Waals surface area contributed by atoms with Crippen LogP contribution in [0.15, 0.2) is 0 Å². The van der Waals surface area contributed by atoms with Crippen LogP contribution < -0.4 is 5.32 Å². The van der Waals surface area contributed by atoms with Crippen LogP contribution in [0.5, 0.6) is 0 Å². The summed E-state index contributed by atoms with van der Waals surface area (Å²) in [4.78, 5) is 0. The van der Waals surface area contributed by atoms with Gasteiger partial charge in [-0.25, -0.2) is 0 Å². The Balaban J connectivity index is 2.85. The summed E-state index contributed by atoms with van der Waals surface area (Å²) in [5.74, 6) is 3.47. The minimum atomic E-state index is 0.784. The smallest absolute Gasteiger partial charge is 0.00258 e. The molecule has 0 aromatic rings. The predicted octanol–water partition coefficient (Wildman–Crippen LogP) is 3.55. The summed E-state index contributed by atoms with van der Waals surface area (Å²) in [5.41, 5.74) is 0. The Bertz CT molecular complexity index is 104. The molecule has 0 heterocycles. The first-order chi connectivity index (χ1) is 6.77. The Morgan fingerprint density at radius 1 is 1.07 bits per heavy atom. The van der Waals surface area contributed by atoms with Crippen LogP contribution in [0.25, 0.3) is 0 Å². The molecule has 1 nitrogen and oxygen atoms in total. The van der Waals surface area contributed by atoms with Gasteiger partial charge in [-0.15, -0.1) is 0 Å². The van der Waals surface area contributed by atoms with Crippen LogP contribution in [0.1, 0.15) is 46.5 Å². The molecule has 0 aliphatic carbocycles. The van der Waals surface area contributed by atoms with Crippen LogP contribution in [0.3, 0.4) is 0 Å². The second kappa shape index (κ2) is 11.4. The maximum absolute atomic E-state index is 3.47. The van der Waals surface area contributed by atoms with Gasteiger partial charge in [-0.05, 0) is 43.4 Å². The van der Waals surface area contributed by atoms with E-state index < -0.39 is 0 Å². The van der Waals surface area contributed by atoms with Crippen molar-refractivity contribution in [2.24, 2.45) is 5.92 Å². The van der Waals surface area contributed by atoms with E-state index in [0.717, 1.165) is 5.92 Å². The molecule has 0 atom stereocenters. The van der Waals surface area contributed by atoms with E-state index in [4.69, 9.17) is 0 Å². The Morgan fingerprint density at radius 2 is 1.79 bits per heavy atom. The number of nitrogens with one attached hydrogen (secondary N) is 1. The maximum Gasteiger partial charge on any atom is -0.00258 e. The van der Waals surface area contributed by atoms with Crippen molar-refractivity contribution in [2.45, 2.75) is 46.5 Å². The molecule has 86 valence electrons. The van der Waals surface area contributed by atoms with Crippen molar-refractivity contribution >= 4 is 11.8 Å². The third-order valence-corrected chi connectivity index (χ3v) is 3.24. The molecule has 0 aliphatic heterocycles. The van der Waals surface area contributed by atoms with Gasteiger partial charge >= 0.3 is 0 Å². The van der Waals surface area contributed by atoms with E-state index >= 15 is 0 Å². The highest BCUT2D eigenvalue weighted by Crippen LogP contribution is 2.06. The average molecular weight is 217 g/mol. The lowest BCUT2D eigenvalue weighted by atomic mass is 10.2. The fourth-order valence-electron chi connectivity index (χ4n) is 1.25. The molecule has 0 amide bonds. The summed E-state index contributed by atoms with van der Waals surface area (Å²) in [6.07, 6.45) is 5.47. The van der Waals surface area contributed by atoms with E-state index in [1.54, 1.807) is 0 Å². The van der Waals surface area contributed by atoms with Crippen LogP contribution in [0.2, 0.25) is 0 Å². The van der Waals surface area contributed by atoms with Gasteiger partial charge in [-0.1, -0.05) is 33.6 Å². The zero-order chi connectivity index (χ0) is 10.6. The number of unbranched alkanes of at least 4 members (excludes halogenated alkanes) is 2. The molecule has 0 spiro atoms. The molecular weight excluding hydrogens is 190 g/mol. The zero-order valence-corrected chi connectivity index (χ0v) is 11.0. The quantitative estimate of drug-likeness (QED) is 0.562. The molecule has 0 radical (unpaired) electrons. The van der Waals surface area contributed by atoms with E-state index in [-0.39, 0.29) is 0 Å². The molecule has 0 unspecified atom stereocenters. The molecule has 0 rings (SSSR count). The minimum absolute atomic E-state index is 0.784. The molecule has 1 N–H and O–H groups in total. The lowest BCUT2D eigenvalue weighted by Gasteiger charge is -2.06. The van der Waals surface area contributed by atoms with Gasteiger partial charge in [0, 0.05) is 0 Å². The van der Waals surface area contributed by atoms with Crippen LogP contribution >= 0.6 is 11.8 Å². The van der Waals surface area contributed by atoms with Crippen molar-refractivity contribution in [3.8, 4) is 0 Å². The first-order valence-electron chi connectivity index (χ1n) is 6.05. The number of rotatable bonds is 10. The van der Waals surface area contributed by atoms with Gasteiger partial charge in [0.25, 0.3) is 0 Å². The highest BCUT2D eigenvalue weighted by molar-refractivity contribution is 7.99. The average Bonchev–Trinajstić information content (AvgIpc) is 2.15. The fourth-order valence-corrected chi connectivity index (χ4v) is 2.21. The van der Waals surface area contributed by atoms with Gasteiger partial charge < -0.3 is 5.32 Å². The molecule has 0 saturated carbocycles. The lowest BCUT2D eigenvalue weighted by molar-refractivity contribution is 0.551. The van der Waals surface area contributed by atoms with Crippen LogP contribution in [-0.4, -0.2) is 24.6 Å². The number of thioether (sulfide) groups is 1. The minimum Gasteiger partial charge on any atom is -0.316 e. The van der Waals surface area contributed by atoms with Crippen molar-refractivity contribution < 1.29 is 0 Å². The van der Waals surface area contributed by atoms with Crippen molar-refractivity contribution in [3.05, 3.63) is 0 Å². The van der Waals surface area contributed by atoms with Gasteiger partial charge in [0.2, 0.25) is 0 Å². The molecule has 0 bridgehead atoms. The topological polar surface area (TPSA) is 12.0 Å². The summed E-state index contributed by atoms with van der Waals surface area (Å²) in [6.45, 7) is 9.14. The summed E-state index contributed by atoms with van der Waals surface area (Å²) in [6, 6.07) is 0. The van der Waals surface area contributed by atoms with E-state index in [2.05, 4.69) is 37.8 Å². The first kappa shape index (κ1) is 14.3. The van der Waals surface area contributed by atoms with Gasteiger partial charge in [0.1, 0.15) is 0 Å². The van der Waals surface area contributed by atoms with Crippen molar-refractivity contribution in [1.82, 2.24) is 5.32 Å². The molecule has 0 fully saturated rings. The second-order valence-corrected chi connectivity index (χ2v) is 5.50. The summed E-state index contributed by atoms with van der Waals surface area (Å²) in [5, 5.41) is 3.47. The molecular formula is C12H27NS. The highest BCUT2D eigenvalue weighted by atomic mass is 32.2. The van der Waals surface area contributed by atoms with Crippen LogP contribution in [-0.2, 0) is 0 Å². The van der Waals surface area contributed by atoms with Gasteiger partial charge in [-0.2, -0.15) is 11.8 Å². The number of hydrogen-bond acceptors (Lipinski definition) is 2. The Hall–Kier alpha value is 0.310. The monoisotopic (exact) mass is 217 g/mol. The Kier molecular flexibility index (Phi) is 11.6. The van der Waals surface area contributed by atoms with Gasteiger partial charge in [0.15, 0.2) is 0 Å². The van der Waals surface area contributed by atoms with E-state index in [1.165, 1.54) is 50.3 Å². The summed E-state index contributed by atoms with van der Waals surface area (Å²) in [7, 11) is 0. The fraction of sp³-hybridized carbons (Fsp3) is 1.00. The van der Waals surface area contributed by atoms with Crippen LogP contribution in [0, 0.1) is 5.92 Å². The van der Waals surface area contributed by atoms with Gasteiger partial charge in [0.05, 0.1) is 0 Å². The van der Waals surface area contributed by atoms with Crippen molar-refractivity contribution in [1.29, 1.82) is 0 Å². The molecule has 2 heteroatoms. The van der Waals surface area contributed by atoms with E-state index in [0.29, 0.717) is 0 Å². The molecule has 0 aromatic carbocycles. The molecule has 0 aliphatic rings. The van der Waals surface area contributed by atoms with E-state index in [1.807, 2.05) is 0 Å². The highest BCUT2D eigenvalue weighted by Gasteiger charge is 1.93. The lowest BCUT2D eigenvalue weighted by Crippen LogP contribution is -2.21.